The Morgan fingerprint density at radius 1 is 1.29 bits per heavy atom. The largest absolute Gasteiger partial charge is 0.391 e. The highest BCUT2D eigenvalue weighted by Crippen LogP contribution is 2.22. The molecule has 3 nitrogen and oxygen atoms in total. The van der Waals surface area contributed by atoms with Crippen LogP contribution in [0.3, 0.4) is 0 Å². The summed E-state index contributed by atoms with van der Waals surface area (Å²) in [6.45, 7) is 6.73. The summed E-state index contributed by atoms with van der Waals surface area (Å²) in [5, 5.41) is 13.4. The van der Waals surface area contributed by atoms with Gasteiger partial charge < -0.3 is 10.4 Å². The lowest BCUT2D eigenvalue weighted by molar-refractivity contribution is 0.182. The number of β-amino-alcohol motifs (C(OH)–C–C–N with tert-alkyl or cyclic N) is 1. The highest BCUT2D eigenvalue weighted by Gasteiger charge is 2.22. The van der Waals surface area contributed by atoms with Gasteiger partial charge in [-0.3, -0.25) is 4.21 Å². The lowest BCUT2D eigenvalue weighted by Gasteiger charge is -2.25. The number of aliphatic hydroxyl groups is 1. The predicted octanol–water partition coefficient (Wildman–Crippen LogP) is 1.82. The van der Waals surface area contributed by atoms with Crippen LogP contribution in [0, 0.1) is 0 Å². The van der Waals surface area contributed by atoms with Crippen LogP contribution in [0.25, 0.3) is 0 Å². The minimum absolute atomic E-state index is 0.00725. The number of aliphatic hydroxyl groups excluding tert-OH is 1. The molecule has 0 aromatic rings. The fourth-order valence-electron chi connectivity index (χ4n) is 2.14. The third-order valence-corrected chi connectivity index (χ3v) is 5.08. The molecule has 0 aliphatic heterocycles. The van der Waals surface area contributed by atoms with Crippen LogP contribution in [0.15, 0.2) is 0 Å². The second kappa shape index (κ2) is 6.86. The molecular formula is C13H27NO2S. The van der Waals surface area contributed by atoms with Crippen molar-refractivity contribution < 1.29 is 9.32 Å². The molecule has 1 aliphatic carbocycles. The molecule has 0 aromatic heterocycles. The molecule has 0 heterocycles. The summed E-state index contributed by atoms with van der Waals surface area (Å²) in [5.74, 6) is 0.424. The Morgan fingerprint density at radius 3 is 2.41 bits per heavy atom. The van der Waals surface area contributed by atoms with Crippen molar-refractivity contribution in [3.63, 3.8) is 0 Å². The number of hydrogen-bond donors (Lipinski definition) is 2. The molecule has 1 fully saturated rings. The van der Waals surface area contributed by atoms with Crippen molar-refractivity contribution in [3.05, 3.63) is 0 Å². The smallest absolute Gasteiger partial charge is 0.0779 e. The number of rotatable bonds is 5. The summed E-state index contributed by atoms with van der Waals surface area (Å²) in [7, 11) is -0.855. The second-order valence-corrected chi connectivity index (χ2v) is 7.85. The van der Waals surface area contributed by atoms with E-state index in [4.69, 9.17) is 0 Å². The molecule has 2 atom stereocenters. The summed E-state index contributed by atoms with van der Waals surface area (Å²) in [6, 6.07) is 0. The van der Waals surface area contributed by atoms with E-state index in [2.05, 4.69) is 26.1 Å². The molecule has 0 bridgehead atoms. The lowest BCUT2D eigenvalue weighted by atomic mass is 10.0. The van der Waals surface area contributed by atoms with Gasteiger partial charge in [0.05, 0.1) is 11.9 Å². The van der Waals surface area contributed by atoms with Gasteiger partial charge in [0.1, 0.15) is 0 Å². The van der Waals surface area contributed by atoms with E-state index >= 15 is 0 Å². The first kappa shape index (κ1) is 15.1. The van der Waals surface area contributed by atoms with Crippen molar-refractivity contribution in [1.82, 2.24) is 5.32 Å². The first-order valence-electron chi connectivity index (χ1n) is 6.69. The van der Waals surface area contributed by atoms with Crippen LogP contribution >= 0.6 is 0 Å². The van der Waals surface area contributed by atoms with Crippen molar-refractivity contribution in [3.8, 4) is 0 Å². The Bertz CT molecular complexity index is 244. The van der Waals surface area contributed by atoms with E-state index in [0.717, 1.165) is 12.8 Å². The highest BCUT2D eigenvalue weighted by molar-refractivity contribution is 7.85. The molecule has 0 aromatic carbocycles. The Hall–Kier alpha value is 0.0700. The SMILES string of the molecule is CC(C)(C)NCC(O)CS(=O)C1CCCCC1. The van der Waals surface area contributed by atoms with Crippen LogP contribution in [0.2, 0.25) is 0 Å². The molecular weight excluding hydrogens is 234 g/mol. The molecule has 2 N–H and O–H groups in total. The third-order valence-electron chi connectivity index (χ3n) is 3.15. The lowest BCUT2D eigenvalue weighted by Crippen LogP contribution is -2.43. The zero-order valence-corrected chi connectivity index (χ0v) is 12.2. The molecule has 4 heteroatoms. The van der Waals surface area contributed by atoms with Crippen molar-refractivity contribution in [2.24, 2.45) is 0 Å². The van der Waals surface area contributed by atoms with Crippen LogP contribution < -0.4 is 5.32 Å². The zero-order valence-electron chi connectivity index (χ0n) is 11.4. The van der Waals surface area contributed by atoms with Gasteiger partial charge in [0.15, 0.2) is 0 Å². The minimum Gasteiger partial charge on any atom is -0.391 e. The maximum atomic E-state index is 12.1. The summed E-state index contributed by atoms with van der Waals surface area (Å²) in [4.78, 5) is 0. The third kappa shape index (κ3) is 6.53. The number of hydrogen-bond acceptors (Lipinski definition) is 3. The monoisotopic (exact) mass is 261 g/mol. The average Bonchev–Trinajstić information content (AvgIpc) is 2.27. The van der Waals surface area contributed by atoms with Gasteiger partial charge in [0.2, 0.25) is 0 Å². The quantitative estimate of drug-likeness (QED) is 0.793. The predicted molar refractivity (Wildman–Crippen MR) is 73.6 cm³/mol. The van der Waals surface area contributed by atoms with Crippen LogP contribution in [0.4, 0.5) is 0 Å². The van der Waals surface area contributed by atoms with E-state index in [-0.39, 0.29) is 5.54 Å². The van der Waals surface area contributed by atoms with E-state index in [0.29, 0.717) is 17.5 Å². The van der Waals surface area contributed by atoms with E-state index in [1.807, 2.05) is 0 Å². The van der Waals surface area contributed by atoms with E-state index in [1.54, 1.807) is 0 Å². The fourth-order valence-corrected chi connectivity index (χ4v) is 3.77. The molecule has 0 saturated heterocycles. The van der Waals surface area contributed by atoms with Gasteiger partial charge in [-0.15, -0.1) is 0 Å². The topological polar surface area (TPSA) is 49.3 Å². The molecule has 0 spiro atoms. The average molecular weight is 261 g/mol. The molecule has 1 rings (SSSR count). The van der Waals surface area contributed by atoms with Gasteiger partial charge in [-0.05, 0) is 33.6 Å². The van der Waals surface area contributed by atoms with Crippen LogP contribution in [0.5, 0.6) is 0 Å². The molecule has 1 aliphatic rings. The highest BCUT2D eigenvalue weighted by atomic mass is 32.2. The van der Waals surface area contributed by atoms with Gasteiger partial charge >= 0.3 is 0 Å². The first-order chi connectivity index (χ1) is 7.88. The van der Waals surface area contributed by atoms with E-state index in [9.17, 15) is 9.32 Å². The Morgan fingerprint density at radius 2 is 1.88 bits per heavy atom. The standard InChI is InChI=1S/C13H27NO2S/c1-13(2,3)14-9-11(15)10-17(16)12-7-5-4-6-8-12/h11-12,14-15H,4-10H2,1-3H3. The zero-order chi connectivity index (χ0) is 12.9. The Labute approximate surface area is 108 Å². The summed E-state index contributed by atoms with van der Waals surface area (Å²) in [6.07, 6.45) is 5.34. The maximum Gasteiger partial charge on any atom is 0.0779 e. The van der Waals surface area contributed by atoms with Gasteiger partial charge in [-0.2, -0.15) is 0 Å². The van der Waals surface area contributed by atoms with Gasteiger partial charge in [-0.1, -0.05) is 19.3 Å². The summed E-state index contributed by atoms with van der Waals surface area (Å²) >= 11 is 0. The Balaban J connectivity index is 2.25. The summed E-state index contributed by atoms with van der Waals surface area (Å²) in [5.41, 5.74) is 0.00725. The van der Waals surface area contributed by atoms with E-state index < -0.39 is 16.9 Å². The second-order valence-electron chi connectivity index (χ2n) is 6.09. The van der Waals surface area contributed by atoms with Crippen LogP contribution in [0.1, 0.15) is 52.9 Å². The van der Waals surface area contributed by atoms with Crippen molar-refractivity contribution >= 4 is 10.8 Å². The van der Waals surface area contributed by atoms with Gasteiger partial charge in [0, 0.05) is 28.1 Å². The molecule has 17 heavy (non-hydrogen) atoms. The first-order valence-corrected chi connectivity index (χ1v) is 8.07. The molecule has 1 saturated carbocycles. The van der Waals surface area contributed by atoms with E-state index in [1.165, 1.54) is 19.3 Å². The molecule has 102 valence electrons. The van der Waals surface area contributed by atoms with Gasteiger partial charge in [0.25, 0.3) is 0 Å². The molecule has 0 amide bonds. The molecule has 2 unspecified atom stereocenters. The normalized spacial score (nSPS) is 22.4. The Kier molecular flexibility index (Phi) is 6.10. The fraction of sp³-hybridized carbons (Fsp3) is 1.00. The number of nitrogens with one attached hydrogen (secondary N) is 1. The van der Waals surface area contributed by atoms with Gasteiger partial charge in [-0.25, -0.2) is 0 Å². The van der Waals surface area contributed by atoms with Crippen LogP contribution in [-0.4, -0.2) is 38.5 Å². The molecule has 0 radical (unpaired) electrons. The minimum atomic E-state index is -0.855. The van der Waals surface area contributed by atoms with Crippen molar-refractivity contribution in [1.29, 1.82) is 0 Å². The van der Waals surface area contributed by atoms with Crippen molar-refractivity contribution in [2.45, 2.75) is 69.8 Å². The van der Waals surface area contributed by atoms with Crippen molar-refractivity contribution in [2.75, 3.05) is 12.3 Å². The van der Waals surface area contributed by atoms with Crippen LogP contribution in [-0.2, 0) is 10.8 Å². The maximum absolute atomic E-state index is 12.1. The summed E-state index contributed by atoms with van der Waals surface area (Å²) < 4.78 is 12.1.